The maximum atomic E-state index is 13.8. The average molecular weight is 639 g/mol. The molecule has 4 amide bonds. The number of hydrogen-bond donors (Lipinski definition) is 3. The number of esters is 2. The fourth-order valence-electron chi connectivity index (χ4n) is 5.09. The van der Waals surface area contributed by atoms with Crippen LogP contribution in [0.1, 0.15) is 95.4 Å². The SMILES string of the molecule is CC(C)C[C@@H]1C(=O)OC[C@H](C)CC(=O)N[C@@H](C(C)C)C(=O)N[C@H](CC(C)C)C(=O)O[C@H](C(C)C)C(=O)N[C@H](C(C)C)C(=O)N1C. The Balaban J connectivity index is 3.61. The Hall–Kier alpha value is -3.18. The second kappa shape index (κ2) is 18.1. The summed E-state index contributed by atoms with van der Waals surface area (Å²) in [6, 6.07) is -3.95. The number of cyclic esters (lactones) is 2. The molecule has 1 fully saturated rings. The lowest BCUT2D eigenvalue weighted by atomic mass is 9.97. The van der Waals surface area contributed by atoms with Crippen molar-refractivity contribution >= 4 is 35.6 Å². The first-order valence-electron chi connectivity index (χ1n) is 16.3. The number of rotatable bonds is 7. The van der Waals surface area contributed by atoms with E-state index in [2.05, 4.69) is 16.0 Å². The van der Waals surface area contributed by atoms with Crippen molar-refractivity contribution in [2.75, 3.05) is 13.7 Å². The number of nitrogens with one attached hydrogen (secondary N) is 3. The van der Waals surface area contributed by atoms with Crippen LogP contribution in [0.15, 0.2) is 0 Å². The van der Waals surface area contributed by atoms with Crippen LogP contribution in [0.25, 0.3) is 0 Å². The first-order valence-corrected chi connectivity index (χ1v) is 16.3. The molecule has 0 aromatic heterocycles. The number of likely N-dealkylation sites (N-methyl/N-ethyl adjacent to an activating group) is 1. The predicted molar refractivity (Wildman–Crippen MR) is 170 cm³/mol. The van der Waals surface area contributed by atoms with Crippen LogP contribution in [0.5, 0.6) is 0 Å². The van der Waals surface area contributed by atoms with E-state index >= 15 is 0 Å². The number of nitrogens with zero attached hydrogens (tertiary/aromatic N) is 1. The maximum Gasteiger partial charge on any atom is 0.329 e. The molecule has 0 radical (unpaired) electrons. The van der Waals surface area contributed by atoms with Crippen LogP contribution in [0, 0.1) is 35.5 Å². The van der Waals surface area contributed by atoms with Gasteiger partial charge in [0.25, 0.3) is 5.91 Å². The van der Waals surface area contributed by atoms with Crippen molar-refractivity contribution in [2.24, 2.45) is 35.5 Å². The molecule has 0 spiro atoms. The van der Waals surface area contributed by atoms with Crippen molar-refractivity contribution in [1.29, 1.82) is 0 Å². The Bertz CT molecular complexity index is 1040. The predicted octanol–water partition coefficient (Wildman–Crippen LogP) is 2.82. The van der Waals surface area contributed by atoms with Crippen LogP contribution in [0.4, 0.5) is 0 Å². The molecule has 1 heterocycles. The molecule has 1 aliphatic heterocycles. The van der Waals surface area contributed by atoms with Crippen LogP contribution in [0.3, 0.4) is 0 Å². The molecular formula is C33H58N4O8. The third-order valence-corrected chi connectivity index (χ3v) is 7.74. The van der Waals surface area contributed by atoms with Gasteiger partial charge in [-0.3, -0.25) is 19.2 Å². The molecule has 0 aromatic rings. The minimum absolute atomic E-state index is 0.00682. The molecule has 258 valence electrons. The van der Waals surface area contributed by atoms with Gasteiger partial charge in [0.2, 0.25) is 17.7 Å². The summed E-state index contributed by atoms with van der Waals surface area (Å²) in [4.78, 5) is 81.9. The van der Waals surface area contributed by atoms with Crippen molar-refractivity contribution in [2.45, 2.75) is 126 Å². The maximum absolute atomic E-state index is 13.8. The van der Waals surface area contributed by atoms with E-state index in [1.54, 1.807) is 48.5 Å². The van der Waals surface area contributed by atoms with Crippen LogP contribution >= 0.6 is 0 Å². The quantitative estimate of drug-likeness (QED) is 0.359. The zero-order chi connectivity index (χ0) is 34.8. The summed E-state index contributed by atoms with van der Waals surface area (Å²) in [5.74, 6) is -4.97. The Morgan fingerprint density at radius 3 is 1.76 bits per heavy atom. The van der Waals surface area contributed by atoms with E-state index < -0.39 is 71.8 Å². The Morgan fingerprint density at radius 1 is 0.711 bits per heavy atom. The summed E-state index contributed by atoms with van der Waals surface area (Å²) in [6.45, 7) is 19.8. The minimum atomic E-state index is -1.26. The molecule has 0 saturated carbocycles. The number of amides is 4. The van der Waals surface area contributed by atoms with Gasteiger partial charge in [-0.2, -0.15) is 0 Å². The van der Waals surface area contributed by atoms with E-state index in [1.165, 1.54) is 11.9 Å². The van der Waals surface area contributed by atoms with E-state index in [4.69, 9.17) is 9.47 Å². The number of hydrogen-bond acceptors (Lipinski definition) is 8. The lowest BCUT2D eigenvalue weighted by Crippen LogP contribution is -2.58. The van der Waals surface area contributed by atoms with E-state index in [0.29, 0.717) is 6.42 Å². The molecule has 1 rings (SSSR count). The first kappa shape index (κ1) is 39.8. The number of carbonyl (C=O) groups excluding carboxylic acids is 6. The topological polar surface area (TPSA) is 160 Å². The van der Waals surface area contributed by atoms with Gasteiger partial charge in [-0.1, -0.05) is 76.2 Å². The zero-order valence-electron chi connectivity index (χ0n) is 29.4. The van der Waals surface area contributed by atoms with Gasteiger partial charge in [-0.15, -0.1) is 0 Å². The van der Waals surface area contributed by atoms with Gasteiger partial charge in [0.15, 0.2) is 6.10 Å². The molecule has 0 aromatic carbocycles. The van der Waals surface area contributed by atoms with Gasteiger partial charge in [0, 0.05) is 13.5 Å². The van der Waals surface area contributed by atoms with Gasteiger partial charge in [-0.05, 0) is 48.3 Å². The standard InChI is InChI=1S/C33H58N4O8/c1-17(2)13-23-32(42)45-28(21(9)10)30(40)36-27(20(7)8)31(41)37(12)24(14-18(3)4)33(43)44-16-22(11)15-25(38)35-26(19(5)6)29(39)34-23/h17-24,26-28H,13-16H2,1-12H3,(H,34,39)(H,35,38)(H,36,40)/t22-,23-,24-,26+,27-,28-/m1/s1. The van der Waals surface area contributed by atoms with Gasteiger partial charge < -0.3 is 30.3 Å². The van der Waals surface area contributed by atoms with E-state index in [1.807, 2.05) is 27.7 Å². The summed E-state index contributed by atoms with van der Waals surface area (Å²) in [7, 11) is 1.51. The highest BCUT2D eigenvalue weighted by atomic mass is 16.6. The molecule has 12 heteroatoms. The van der Waals surface area contributed by atoms with Gasteiger partial charge in [0.1, 0.15) is 24.2 Å². The Labute approximate surface area is 269 Å². The molecule has 3 N–H and O–H groups in total. The van der Waals surface area contributed by atoms with E-state index in [0.717, 1.165) is 0 Å². The highest BCUT2D eigenvalue weighted by Crippen LogP contribution is 2.19. The summed E-state index contributed by atoms with van der Waals surface area (Å²) < 4.78 is 11.3. The average Bonchev–Trinajstić information content (AvgIpc) is 2.91. The molecule has 12 nitrogen and oxygen atoms in total. The van der Waals surface area contributed by atoms with Crippen molar-refractivity contribution in [1.82, 2.24) is 20.9 Å². The molecule has 0 bridgehead atoms. The second-order valence-corrected chi connectivity index (χ2v) is 14.3. The van der Waals surface area contributed by atoms with Crippen LogP contribution in [-0.4, -0.2) is 84.4 Å². The third-order valence-electron chi connectivity index (χ3n) is 7.74. The molecule has 1 saturated heterocycles. The van der Waals surface area contributed by atoms with E-state index in [9.17, 15) is 28.8 Å². The molecular weight excluding hydrogens is 580 g/mol. The number of carbonyl (C=O) groups is 6. The van der Waals surface area contributed by atoms with Crippen LogP contribution < -0.4 is 16.0 Å². The molecule has 1 aliphatic rings. The Kier molecular flexibility index (Phi) is 16.0. The molecule has 45 heavy (non-hydrogen) atoms. The molecule has 6 atom stereocenters. The lowest BCUT2D eigenvalue weighted by Gasteiger charge is -2.34. The van der Waals surface area contributed by atoms with E-state index in [-0.39, 0.29) is 49.0 Å². The lowest BCUT2D eigenvalue weighted by molar-refractivity contribution is -0.163. The largest absolute Gasteiger partial charge is 0.464 e. The van der Waals surface area contributed by atoms with Gasteiger partial charge in [0.05, 0.1) is 6.61 Å². The monoisotopic (exact) mass is 638 g/mol. The fourth-order valence-corrected chi connectivity index (χ4v) is 5.09. The van der Waals surface area contributed by atoms with Crippen molar-refractivity contribution in [3.05, 3.63) is 0 Å². The normalized spacial score (nSPS) is 27.4. The summed E-state index contributed by atoms with van der Waals surface area (Å²) in [5.41, 5.74) is 0. The Morgan fingerprint density at radius 2 is 1.27 bits per heavy atom. The minimum Gasteiger partial charge on any atom is -0.464 e. The third kappa shape index (κ3) is 12.6. The summed E-state index contributed by atoms with van der Waals surface area (Å²) in [5, 5.41) is 8.25. The first-order chi connectivity index (χ1) is 20.8. The van der Waals surface area contributed by atoms with Crippen molar-refractivity contribution in [3.8, 4) is 0 Å². The molecule has 0 aliphatic carbocycles. The fraction of sp³-hybridized carbons (Fsp3) is 0.818. The highest BCUT2D eigenvalue weighted by Gasteiger charge is 2.39. The second-order valence-electron chi connectivity index (χ2n) is 14.3. The van der Waals surface area contributed by atoms with Crippen LogP contribution in [-0.2, 0) is 38.2 Å². The number of ether oxygens (including phenoxy) is 2. The summed E-state index contributed by atoms with van der Waals surface area (Å²) in [6.07, 6.45) is -0.702. The molecule has 0 unspecified atom stereocenters. The smallest absolute Gasteiger partial charge is 0.329 e. The van der Waals surface area contributed by atoms with Gasteiger partial charge in [-0.25, -0.2) is 9.59 Å². The van der Waals surface area contributed by atoms with Crippen LogP contribution in [0.2, 0.25) is 0 Å². The summed E-state index contributed by atoms with van der Waals surface area (Å²) >= 11 is 0. The van der Waals surface area contributed by atoms with Crippen molar-refractivity contribution < 1.29 is 38.2 Å². The zero-order valence-corrected chi connectivity index (χ0v) is 29.4. The van der Waals surface area contributed by atoms with Gasteiger partial charge >= 0.3 is 11.9 Å². The van der Waals surface area contributed by atoms with Crippen molar-refractivity contribution in [3.63, 3.8) is 0 Å². The highest BCUT2D eigenvalue weighted by molar-refractivity contribution is 5.94.